The van der Waals surface area contributed by atoms with Crippen molar-refractivity contribution in [3.05, 3.63) is 25.3 Å². The first-order chi connectivity index (χ1) is 4.33. The lowest BCUT2D eigenvalue weighted by Crippen LogP contribution is -2.11. The van der Waals surface area contributed by atoms with Crippen LogP contribution in [-0.2, 0) is 0 Å². The van der Waals surface area contributed by atoms with Gasteiger partial charge in [0.15, 0.2) is 0 Å². The Hall–Kier alpha value is -0.170. The maximum Gasteiger partial charge on any atom is 0.0154 e. The molecule has 0 radical (unpaired) electrons. The fourth-order valence-electron chi connectivity index (χ4n) is 1.00. The maximum atomic E-state index is 3.80. The molecule has 50 valence electrons. The van der Waals surface area contributed by atoms with Crippen molar-refractivity contribution >= 4 is 11.8 Å². The quantitative estimate of drug-likeness (QED) is 0.531. The van der Waals surface area contributed by atoms with Gasteiger partial charge >= 0.3 is 0 Å². The van der Waals surface area contributed by atoms with Crippen molar-refractivity contribution < 1.29 is 0 Å². The zero-order valence-electron chi connectivity index (χ0n) is 5.60. The van der Waals surface area contributed by atoms with Crippen molar-refractivity contribution in [3.63, 3.8) is 0 Å². The molecule has 0 saturated carbocycles. The molecular formula is C8H12S. The topological polar surface area (TPSA) is 0 Å². The molecule has 0 amide bonds. The third-order valence-electron chi connectivity index (χ3n) is 1.90. The lowest BCUT2D eigenvalue weighted by molar-refractivity contribution is 0.572. The minimum atomic E-state index is 0.269. The monoisotopic (exact) mass is 140 g/mol. The second-order valence-corrected chi connectivity index (χ2v) is 3.55. The van der Waals surface area contributed by atoms with Crippen molar-refractivity contribution in [2.75, 3.05) is 11.5 Å². The van der Waals surface area contributed by atoms with Gasteiger partial charge in [0.05, 0.1) is 0 Å². The Morgan fingerprint density at radius 2 is 2.00 bits per heavy atom. The summed E-state index contributed by atoms with van der Waals surface area (Å²) in [5.41, 5.74) is 0.269. The normalized spacial score (nSPS) is 23.6. The summed E-state index contributed by atoms with van der Waals surface area (Å²) in [6.07, 6.45) is 5.28. The summed E-state index contributed by atoms with van der Waals surface area (Å²) in [5, 5.41) is 0. The molecule has 0 atom stereocenters. The van der Waals surface area contributed by atoms with E-state index in [9.17, 15) is 0 Å². The van der Waals surface area contributed by atoms with Crippen LogP contribution in [0.5, 0.6) is 0 Å². The molecule has 1 aliphatic rings. The minimum absolute atomic E-state index is 0.269. The first kappa shape index (κ1) is 6.94. The van der Waals surface area contributed by atoms with Crippen molar-refractivity contribution in [1.82, 2.24) is 0 Å². The number of allylic oxidation sites excluding steroid dienone is 2. The van der Waals surface area contributed by atoms with Gasteiger partial charge in [0.2, 0.25) is 0 Å². The average Bonchev–Trinajstić information content (AvgIpc) is 2.36. The largest absolute Gasteiger partial charge is 0.161 e. The van der Waals surface area contributed by atoms with Crippen molar-refractivity contribution in [2.45, 2.75) is 6.42 Å². The van der Waals surface area contributed by atoms with Crippen LogP contribution in [0.2, 0.25) is 0 Å². The number of rotatable bonds is 2. The summed E-state index contributed by atoms with van der Waals surface area (Å²) in [6, 6.07) is 0. The predicted molar refractivity (Wildman–Crippen MR) is 44.8 cm³/mol. The third-order valence-corrected chi connectivity index (χ3v) is 3.13. The van der Waals surface area contributed by atoms with Gasteiger partial charge in [-0.1, -0.05) is 12.2 Å². The molecule has 0 aliphatic carbocycles. The minimum Gasteiger partial charge on any atom is -0.161 e. The Balaban J connectivity index is 2.66. The molecule has 1 aliphatic heterocycles. The number of hydrogen-bond acceptors (Lipinski definition) is 1. The molecule has 1 rings (SSSR count). The van der Waals surface area contributed by atoms with Gasteiger partial charge in [0, 0.05) is 11.2 Å². The Morgan fingerprint density at radius 3 is 2.22 bits per heavy atom. The van der Waals surface area contributed by atoms with E-state index in [0.717, 1.165) is 0 Å². The highest BCUT2D eigenvalue weighted by atomic mass is 32.2. The van der Waals surface area contributed by atoms with Gasteiger partial charge in [-0.05, 0) is 12.2 Å². The van der Waals surface area contributed by atoms with Crippen LogP contribution >= 0.6 is 11.8 Å². The van der Waals surface area contributed by atoms with Gasteiger partial charge in [-0.3, -0.25) is 0 Å². The van der Waals surface area contributed by atoms with Gasteiger partial charge < -0.3 is 0 Å². The molecule has 1 heteroatoms. The highest BCUT2D eigenvalue weighted by Crippen LogP contribution is 2.37. The van der Waals surface area contributed by atoms with Gasteiger partial charge in [-0.15, -0.1) is 13.2 Å². The molecule has 0 aromatic carbocycles. The SMILES string of the molecule is C=CC1(C=C)CCSC1. The Bertz CT molecular complexity index is 111. The van der Waals surface area contributed by atoms with Gasteiger partial charge in [-0.25, -0.2) is 0 Å². The van der Waals surface area contributed by atoms with E-state index in [-0.39, 0.29) is 5.41 Å². The third kappa shape index (κ3) is 1.21. The molecule has 0 nitrogen and oxygen atoms in total. The fourth-order valence-corrected chi connectivity index (χ4v) is 2.43. The van der Waals surface area contributed by atoms with Crippen LogP contribution in [0.1, 0.15) is 6.42 Å². The van der Waals surface area contributed by atoms with E-state index in [0.29, 0.717) is 0 Å². The molecular weight excluding hydrogens is 128 g/mol. The van der Waals surface area contributed by atoms with Crippen LogP contribution in [0.4, 0.5) is 0 Å². The van der Waals surface area contributed by atoms with Crippen molar-refractivity contribution in [3.8, 4) is 0 Å². The van der Waals surface area contributed by atoms with Crippen LogP contribution in [0.3, 0.4) is 0 Å². The van der Waals surface area contributed by atoms with Crippen LogP contribution in [-0.4, -0.2) is 11.5 Å². The lowest BCUT2D eigenvalue weighted by Gasteiger charge is -2.16. The molecule has 9 heavy (non-hydrogen) atoms. The van der Waals surface area contributed by atoms with Crippen molar-refractivity contribution in [1.29, 1.82) is 0 Å². The highest BCUT2D eigenvalue weighted by molar-refractivity contribution is 7.99. The molecule has 0 spiro atoms. The van der Waals surface area contributed by atoms with E-state index in [1.165, 1.54) is 17.9 Å². The van der Waals surface area contributed by atoms with Gasteiger partial charge in [0.25, 0.3) is 0 Å². The van der Waals surface area contributed by atoms with Crippen LogP contribution in [0.25, 0.3) is 0 Å². The average molecular weight is 140 g/mol. The number of hydrogen-bond donors (Lipinski definition) is 0. The second-order valence-electron chi connectivity index (χ2n) is 2.44. The summed E-state index contributed by atoms with van der Waals surface area (Å²) in [5.74, 6) is 2.44. The molecule has 0 aromatic rings. The van der Waals surface area contributed by atoms with Gasteiger partial charge in [-0.2, -0.15) is 11.8 Å². The Kier molecular flexibility index (Phi) is 2.01. The van der Waals surface area contributed by atoms with Crippen molar-refractivity contribution in [2.24, 2.45) is 5.41 Å². The standard InChI is InChI=1S/C8H12S/c1-3-8(4-2)5-6-9-7-8/h3-4H,1-2,5-7H2. The van der Waals surface area contributed by atoms with Gasteiger partial charge in [0.1, 0.15) is 0 Å². The molecule has 1 fully saturated rings. The van der Waals surface area contributed by atoms with Crippen LogP contribution < -0.4 is 0 Å². The van der Waals surface area contributed by atoms with Crippen LogP contribution in [0.15, 0.2) is 25.3 Å². The molecule has 1 saturated heterocycles. The summed E-state index contributed by atoms with van der Waals surface area (Å²) < 4.78 is 0. The summed E-state index contributed by atoms with van der Waals surface area (Å²) in [6.45, 7) is 7.60. The summed E-state index contributed by atoms with van der Waals surface area (Å²) in [4.78, 5) is 0. The van der Waals surface area contributed by atoms with E-state index in [1.807, 2.05) is 23.9 Å². The highest BCUT2D eigenvalue weighted by Gasteiger charge is 2.27. The van der Waals surface area contributed by atoms with E-state index in [4.69, 9.17) is 0 Å². The fraction of sp³-hybridized carbons (Fsp3) is 0.500. The van der Waals surface area contributed by atoms with E-state index < -0.39 is 0 Å². The first-order valence-corrected chi connectivity index (χ1v) is 4.33. The lowest BCUT2D eigenvalue weighted by atomic mass is 9.88. The summed E-state index contributed by atoms with van der Waals surface area (Å²) >= 11 is 1.99. The molecule has 0 aromatic heterocycles. The molecule has 0 bridgehead atoms. The predicted octanol–water partition coefficient (Wildman–Crippen LogP) is 2.48. The number of thioether (sulfide) groups is 1. The Labute approximate surface area is 61.0 Å². The van der Waals surface area contributed by atoms with E-state index in [1.54, 1.807) is 0 Å². The Morgan fingerprint density at radius 1 is 1.33 bits per heavy atom. The maximum absolute atomic E-state index is 3.80. The molecule has 0 N–H and O–H groups in total. The zero-order chi connectivity index (χ0) is 6.74. The zero-order valence-corrected chi connectivity index (χ0v) is 6.41. The smallest absolute Gasteiger partial charge is 0.0154 e. The molecule has 0 unspecified atom stereocenters. The second kappa shape index (κ2) is 2.61. The van der Waals surface area contributed by atoms with Crippen LogP contribution in [0, 0.1) is 5.41 Å². The van der Waals surface area contributed by atoms with E-state index >= 15 is 0 Å². The first-order valence-electron chi connectivity index (χ1n) is 3.18. The molecule has 1 heterocycles. The van der Waals surface area contributed by atoms with E-state index in [2.05, 4.69) is 13.2 Å². The summed E-state index contributed by atoms with van der Waals surface area (Å²) in [7, 11) is 0.